The average molecular weight is 589 g/mol. The van der Waals surface area contributed by atoms with Gasteiger partial charge in [-0.25, -0.2) is 0 Å². The summed E-state index contributed by atoms with van der Waals surface area (Å²) in [5.41, 5.74) is 3.44. The van der Waals surface area contributed by atoms with Gasteiger partial charge in [0.2, 0.25) is 5.91 Å². The van der Waals surface area contributed by atoms with E-state index in [0.29, 0.717) is 12.8 Å². The van der Waals surface area contributed by atoms with Gasteiger partial charge in [-0.1, -0.05) is 61.5 Å². The highest BCUT2D eigenvalue weighted by atomic mass is 32.2. The van der Waals surface area contributed by atoms with E-state index in [-0.39, 0.29) is 42.7 Å². The number of aliphatic hydroxyl groups is 1. The Morgan fingerprint density at radius 1 is 1.19 bits per heavy atom. The van der Waals surface area contributed by atoms with Gasteiger partial charge in [-0.05, 0) is 55.4 Å². The molecule has 0 saturated carbocycles. The third-order valence-corrected chi connectivity index (χ3v) is 11.3. The average Bonchev–Trinajstić information content (AvgIpc) is 3.58. The SMILES string of the molecule is C=CCCOC(=O)[C@@H]1[C@@H]2CC(C)C3(S2)C(C(=O)N(CC=C)c2cc(C)ccc2C)N([C@H](CO)c2ccccc2)C(=O)[C@H]13. The van der Waals surface area contributed by atoms with Crippen LogP contribution in [0.2, 0.25) is 0 Å². The molecule has 8 heteroatoms. The first-order valence-corrected chi connectivity index (χ1v) is 15.5. The number of fused-ring (bicyclic) bond motifs is 1. The lowest BCUT2D eigenvalue weighted by Gasteiger charge is -2.42. The second-order valence-corrected chi connectivity index (χ2v) is 13.2. The lowest BCUT2D eigenvalue weighted by molar-refractivity contribution is -0.154. The first kappa shape index (κ1) is 30.1. The lowest BCUT2D eigenvalue weighted by atomic mass is 9.66. The van der Waals surface area contributed by atoms with Crippen LogP contribution in [0, 0.1) is 31.6 Å². The fourth-order valence-corrected chi connectivity index (χ4v) is 9.70. The van der Waals surface area contributed by atoms with Gasteiger partial charge < -0.3 is 19.6 Å². The van der Waals surface area contributed by atoms with Crippen LogP contribution in [0.3, 0.4) is 0 Å². The molecule has 3 heterocycles. The molecule has 2 aromatic carbocycles. The van der Waals surface area contributed by atoms with Crippen LogP contribution in [0.25, 0.3) is 0 Å². The van der Waals surface area contributed by atoms with Gasteiger partial charge in [0.1, 0.15) is 6.04 Å². The van der Waals surface area contributed by atoms with E-state index >= 15 is 4.79 Å². The number of amides is 2. The Balaban J connectivity index is 1.66. The number of nitrogens with zero attached hydrogens (tertiary/aromatic N) is 2. The monoisotopic (exact) mass is 588 g/mol. The van der Waals surface area contributed by atoms with Crippen molar-refractivity contribution in [2.24, 2.45) is 17.8 Å². The summed E-state index contributed by atoms with van der Waals surface area (Å²) in [5.74, 6) is -2.31. The summed E-state index contributed by atoms with van der Waals surface area (Å²) >= 11 is 1.60. The molecule has 2 amide bonds. The van der Waals surface area contributed by atoms with Gasteiger partial charge in [0.15, 0.2) is 0 Å². The molecular formula is C34H40N2O5S. The minimum atomic E-state index is -0.900. The summed E-state index contributed by atoms with van der Waals surface area (Å²) < 4.78 is 4.79. The number of hydrogen-bond donors (Lipinski definition) is 1. The van der Waals surface area contributed by atoms with Crippen molar-refractivity contribution >= 4 is 35.2 Å². The molecule has 7 nitrogen and oxygen atoms in total. The van der Waals surface area contributed by atoms with Crippen molar-refractivity contribution in [1.82, 2.24) is 4.90 Å². The number of aliphatic hydroxyl groups excluding tert-OH is 1. The van der Waals surface area contributed by atoms with Crippen LogP contribution in [-0.2, 0) is 19.1 Å². The van der Waals surface area contributed by atoms with Crippen molar-refractivity contribution in [3.8, 4) is 0 Å². The molecule has 3 unspecified atom stereocenters. The Bertz CT molecular complexity index is 1380. The molecule has 5 rings (SSSR count). The van der Waals surface area contributed by atoms with Crippen molar-refractivity contribution in [2.45, 2.75) is 55.7 Å². The van der Waals surface area contributed by atoms with E-state index in [2.05, 4.69) is 20.1 Å². The Hall–Kier alpha value is -3.36. The summed E-state index contributed by atoms with van der Waals surface area (Å²) in [6.07, 6.45) is 4.61. The summed E-state index contributed by atoms with van der Waals surface area (Å²) in [4.78, 5) is 46.5. The van der Waals surface area contributed by atoms with E-state index in [0.717, 1.165) is 22.4 Å². The van der Waals surface area contributed by atoms with Gasteiger partial charge >= 0.3 is 5.97 Å². The van der Waals surface area contributed by atoms with Gasteiger partial charge in [0.25, 0.3) is 5.91 Å². The van der Waals surface area contributed by atoms with Crippen LogP contribution in [0.4, 0.5) is 5.69 Å². The number of benzene rings is 2. The number of thioether (sulfide) groups is 1. The minimum Gasteiger partial charge on any atom is -0.465 e. The number of rotatable bonds is 11. The van der Waals surface area contributed by atoms with Crippen molar-refractivity contribution < 1.29 is 24.2 Å². The third kappa shape index (κ3) is 4.78. The fourth-order valence-electron chi connectivity index (χ4n) is 7.31. The van der Waals surface area contributed by atoms with E-state index in [1.807, 2.05) is 62.4 Å². The zero-order valence-corrected chi connectivity index (χ0v) is 25.4. The number of hydrogen-bond acceptors (Lipinski definition) is 6. The summed E-state index contributed by atoms with van der Waals surface area (Å²) in [6.45, 7) is 13.8. The molecule has 0 radical (unpaired) electrons. The highest BCUT2D eigenvalue weighted by Crippen LogP contribution is 2.69. The quantitative estimate of drug-likeness (QED) is 0.226. The number of carbonyl (C=O) groups excluding carboxylic acids is 3. The maximum absolute atomic E-state index is 15.0. The van der Waals surface area contributed by atoms with Gasteiger partial charge in [-0.15, -0.1) is 24.9 Å². The van der Waals surface area contributed by atoms with Crippen LogP contribution < -0.4 is 4.90 Å². The molecule has 3 aliphatic heterocycles. The normalized spacial score (nSPS) is 28.3. The van der Waals surface area contributed by atoms with E-state index in [1.165, 1.54) is 0 Å². The summed E-state index contributed by atoms with van der Waals surface area (Å²) in [5, 5.41) is 10.6. The molecule has 222 valence electrons. The van der Waals surface area contributed by atoms with E-state index in [4.69, 9.17) is 4.74 Å². The second kappa shape index (κ2) is 12.1. The number of likely N-dealkylation sites (tertiary alicyclic amines) is 1. The Morgan fingerprint density at radius 2 is 1.93 bits per heavy atom. The van der Waals surface area contributed by atoms with Crippen LogP contribution in [0.1, 0.15) is 42.5 Å². The van der Waals surface area contributed by atoms with Gasteiger partial charge in [0.05, 0.1) is 35.8 Å². The molecule has 3 fully saturated rings. The summed E-state index contributed by atoms with van der Waals surface area (Å²) in [6, 6.07) is 13.6. The number of carbonyl (C=O) groups is 3. The molecule has 1 spiro atoms. The number of esters is 1. The Labute approximate surface area is 252 Å². The predicted octanol–water partition coefficient (Wildman–Crippen LogP) is 5.01. The van der Waals surface area contributed by atoms with Crippen LogP contribution in [0.5, 0.6) is 0 Å². The van der Waals surface area contributed by atoms with Crippen molar-refractivity contribution in [1.29, 1.82) is 0 Å². The minimum absolute atomic E-state index is 0.0167. The Kier molecular flexibility index (Phi) is 8.67. The molecule has 42 heavy (non-hydrogen) atoms. The molecule has 0 aromatic heterocycles. The fraction of sp³-hybridized carbons (Fsp3) is 0.441. The van der Waals surface area contributed by atoms with E-state index in [1.54, 1.807) is 33.7 Å². The molecule has 0 aliphatic carbocycles. The van der Waals surface area contributed by atoms with Gasteiger partial charge in [0, 0.05) is 17.5 Å². The predicted molar refractivity (Wildman–Crippen MR) is 166 cm³/mol. The van der Waals surface area contributed by atoms with Crippen molar-refractivity contribution in [2.75, 3.05) is 24.7 Å². The lowest BCUT2D eigenvalue weighted by Crippen LogP contribution is -2.58. The highest BCUT2D eigenvalue weighted by molar-refractivity contribution is 8.02. The molecular weight excluding hydrogens is 548 g/mol. The molecule has 1 N–H and O–H groups in total. The van der Waals surface area contributed by atoms with E-state index in [9.17, 15) is 14.7 Å². The number of anilines is 1. The van der Waals surface area contributed by atoms with Gasteiger partial charge in [-0.3, -0.25) is 14.4 Å². The van der Waals surface area contributed by atoms with Gasteiger partial charge in [-0.2, -0.15) is 0 Å². The third-order valence-electron chi connectivity index (χ3n) is 9.18. The molecule has 2 bridgehead atoms. The molecule has 3 saturated heterocycles. The van der Waals surface area contributed by atoms with Crippen molar-refractivity contribution in [3.05, 3.63) is 90.5 Å². The largest absolute Gasteiger partial charge is 0.465 e. The van der Waals surface area contributed by atoms with Crippen LogP contribution in [0.15, 0.2) is 73.8 Å². The first-order chi connectivity index (χ1) is 20.2. The van der Waals surface area contributed by atoms with Crippen LogP contribution in [-0.4, -0.2) is 63.6 Å². The zero-order chi connectivity index (χ0) is 30.2. The second-order valence-electron chi connectivity index (χ2n) is 11.7. The van der Waals surface area contributed by atoms with Crippen LogP contribution >= 0.6 is 11.8 Å². The maximum atomic E-state index is 15.0. The molecule has 2 aromatic rings. The Morgan fingerprint density at radius 3 is 2.60 bits per heavy atom. The molecule has 7 atom stereocenters. The van der Waals surface area contributed by atoms with E-state index < -0.39 is 34.6 Å². The molecule has 3 aliphatic rings. The highest BCUT2D eigenvalue weighted by Gasteiger charge is 2.77. The number of ether oxygens (including phenoxy) is 1. The maximum Gasteiger partial charge on any atom is 0.310 e. The first-order valence-electron chi connectivity index (χ1n) is 14.6. The zero-order valence-electron chi connectivity index (χ0n) is 24.6. The van der Waals surface area contributed by atoms with Crippen molar-refractivity contribution in [3.63, 3.8) is 0 Å². The topological polar surface area (TPSA) is 87.2 Å². The summed E-state index contributed by atoms with van der Waals surface area (Å²) in [7, 11) is 0. The standard InChI is InChI=1S/C34H40N2O5S/c1-6-8-17-41-33(40)28-27-19-23(5)34(42-27)29(28)31(38)36(26(20-37)24-12-10-9-11-13-24)30(34)32(39)35(16-7-2)25-18-21(3)14-15-22(25)4/h6-7,9-15,18,23,26-30,37H,1-2,8,16-17,19-20H2,3-5H3/t23?,26-,27+,28-,29+,30?,34?/m1/s1. The number of aryl methyl sites for hydroxylation is 2. The smallest absolute Gasteiger partial charge is 0.310 e.